The number of carbonyl (C=O) groups excluding carboxylic acids is 2. The van der Waals surface area contributed by atoms with Crippen molar-refractivity contribution in [3.63, 3.8) is 0 Å². The maximum atomic E-state index is 12.3. The number of nitrogens with one attached hydrogen (secondary N) is 2. The quantitative estimate of drug-likeness (QED) is 0.445. The van der Waals surface area contributed by atoms with Crippen LogP contribution in [0.4, 0.5) is 4.79 Å². The molecule has 0 saturated carbocycles. The van der Waals surface area contributed by atoms with Gasteiger partial charge in [0.25, 0.3) is 0 Å². The Kier molecular flexibility index (Phi) is 8.31. The van der Waals surface area contributed by atoms with Crippen molar-refractivity contribution in [3.8, 4) is 11.1 Å². The number of ether oxygens (including phenoxy) is 1. The van der Waals surface area contributed by atoms with E-state index in [1.54, 1.807) is 0 Å². The van der Waals surface area contributed by atoms with Crippen molar-refractivity contribution in [2.24, 2.45) is 5.92 Å². The van der Waals surface area contributed by atoms with Gasteiger partial charge in [0.15, 0.2) is 0 Å². The van der Waals surface area contributed by atoms with Crippen LogP contribution < -0.4 is 10.6 Å². The number of amides is 2. The summed E-state index contributed by atoms with van der Waals surface area (Å²) in [7, 11) is 0. The smallest absolute Gasteiger partial charge is 0.407 e. The number of benzene rings is 2. The second-order valence-electron chi connectivity index (χ2n) is 9.29. The summed E-state index contributed by atoms with van der Waals surface area (Å²) in [6.07, 6.45) is 1.26. The van der Waals surface area contributed by atoms with Gasteiger partial charge >= 0.3 is 12.1 Å². The average molecular weight is 467 g/mol. The molecule has 0 radical (unpaired) electrons. The predicted octanol–water partition coefficient (Wildman–Crippen LogP) is 4.70. The van der Waals surface area contributed by atoms with Gasteiger partial charge < -0.3 is 20.5 Å². The molecule has 0 heterocycles. The zero-order valence-corrected chi connectivity index (χ0v) is 20.1. The van der Waals surface area contributed by atoms with Crippen LogP contribution in [0.15, 0.2) is 48.5 Å². The molecule has 1 aliphatic rings. The molecule has 0 aromatic heterocycles. The molecule has 0 fully saturated rings. The Morgan fingerprint density at radius 1 is 1.06 bits per heavy atom. The second-order valence-corrected chi connectivity index (χ2v) is 9.29. The van der Waals surface area contributed by atoms with Crippen molar-refractivity contribution < 1.29 is 24.2 Å². The zero-order valence-electron chi connectivity index (χ0n) is 20.1. The van der Waals surface area contributed by atoms with E-state index < -0.39 is 17.6 Å². The molecule has 3 rings (SSSR count). The van der Waals surface area contributed by atoms with Crippen molar-refractivity contribution >= 4 is 18.0 Å². The van der Waals surface area contributed by atoms with Crippen LogP contribution >= 0.6 is 0 Å². The lowest BCUT2D eigenvalue weighted by atomic mass is 9.95. The van der Waals surface area contributed by atoms with Crippen LogP contribution in [0.25, 0.3) is 11.1 Å². The van der Waals surface area contributed by atoms with E-state index in [1.807, 2.05) is 38.1 Å². The number of hydrogen-bond acceptors (Lipinski definition) is 4. The Morgan fingerprint density at radius 2 is 1.65 bits per heavy atom. The van der Waals surface area contributed by atoms with Gasteiger partial charge in [0.1, 0.15) is 12.1 Å². The SMILES string of the molecule is CCCC(C)(NC(=O)CCC(C)CNC(=O)OCC1c2ccccc2-c2ccccc21)C(=O)O. The Morgan fingerprint density at radius 3 is 2.21 bits per heavy atom. The largest absolute Gasteiger partial charge is 0.480 e. The molecule has 7 heteroatoms. The maximum absolute atomic E-state index is 12.3. The van der Waals surface area contributed by atoms with E-state index in [1.165, 1.54) is 18.1 Å². The Balaban J connectivity index is 1.43. The number of hydrogen-bond donors (Lipinski definition) is 3. The molecule has 0 saturated heterocycles. The van der Waals surface area contributed by atoms with Crippen molar-refractivity contribution in [1.29, 1.82) is 0 Å². The predicted molar refractivity (Wildman–Crippen MR) is 131 cm³/mol. The van der Waals surface area contributed by atoms with Gasteiger partial charge in [-0.1, -0.05) is 68.8 Å². The van der Waals surface area contributed by atoms with Crippen LogP contribution in [-0.2, 0) is 14.3 Å². The van der Waals surface area contributed by atoms with Crippen molar-refractivity contribution in [2.45, 2.75) is 57.9 Å². The number of alkyl carbamates (subject to hydrolysis) is 1. The molecule has 2 atom stereocenters. The van der Waals surface area contributed by atoms with Crippen molar-refractivity contribution in [3.05, 3.63) is 59.7 Å². The minimum atomic E-state index is -1.26. The highest BCUT2D eigenvalue weighted by atomic mass is 16.5. The number of carboxylic acid groups (broad SMARTS) is 1. The summed E-state index contributed by atoms with van der Waals surface area (Å²) in [6, 6.07) is 16.3. The molecule has 7 nitrogen and oxygen atoms in total. The monoisotopic (exact) mass is 466 g/mol. The molecular formula is C27H34N2O5. The molecule has 34 heavy (non-hydrogen) atoms. The van der Waals surface area contributed by atoms with Crippen molar-refractivity contribution in [1.82, 2.24) is 10.6 Å². The minimum absolute atomic E-state index is 0.00550. The van der Waals surface area contributed by atoms with Crippen LogP contribution in [-0.4, -0.2) is 41.8 Å². The Hall–Kier alpha value is -3.35. The standard InChI is InChI=1S/C27H34N2O5/c1-4-15-27(3,25(31)32)29-24(30)14-13-18(2)16-28-26(33)34-17-23-21-11-7-5-9-19(21)20-10-6-8-12-22(20)23/h5-12,18,23H,4,13-17H2,1-3H3,(H,28,33)(H,29,30)(H,31,32). The van der Waals surface area contributed by atoms with Gasteiger partial charge in [-0.05, 0) is 47.9 Å². The van der Waals surface area contributed by atoms with E-state index in [2.05, 4.69) is 34.9 Å². The van der Waals surface area contributed by atoms with Crippen LogP contribution in [0, 0.1) is 5.92 Å². The number of carbonyl (C=O) groups is 3. The van der Waals surface area contributed by atoms with Gasteiger partial charge in [0.05, 0.1) is 0 Å². The van der Waals surface area contributed by atoms with E-state index >= 15 is 0 Å². The number of aliphatic carboxylic acids is 1. The molecule has 0 bridgehead atoms. The molecule has 0 spiro atoms. The first-order valence-electron chi connectivity index (χ1n) is 11.9. The van der Waals surface area contributed by atoms with Crippen molar-refractivity contribution in [2.75, 3.05) is 13.2 Å². The Labute approximate surface area is 200 Å². The van der Waals surface area contributed by atoms with Crippen LogP contribution in [0.3, 0.4) is 0 Å². The molecule has 182 valence electrons. The average Bonchev–Trinajstić information content (AvgIpc) is 3.14. The first kappa shape index (κ1) is 25.3. The molecule has 1 aliphatic carbocycles. The van der Waals surface area contributed by atoms with Gasteiger partial charge in [-0.2, -0.15) is 0 Å². The zero-order chi connectivity index (χ0) is 24.7. The highest BCUT2D eigenvalue weighted by molar-refractivity contribution is 5.86. The second kappa shape index (κ2) is 11.2. The first-order chi connectivity index (χ1) is 16.2. The summed E-state index contributed by atoms with van der Waals surface area (Å²) >= 11 is 0. The normalized spacial score (nSPS) is 14.9. The summed E-state index contributed by atoms with van der Waals surface area (Å²) in [5.41, 5.74) is 3.42. The molecule has 3 N–H and O–H groups in total. The maximum Gasteiger partial charge on any atom is 0.407 e. The van der Waals surface area contributed by atoms with Gasteiger partial charge in [0, 0.05) is 18.9 Å². The summed E-state index contributed by atoms with van der Waals surface area (Å²) in [5.74, 6) is -1.29. The van der Waals surface area contributed by atoms with Gasteiger partial charge in [0.2, 0.25) is 5.91 Å². The van der Waals surface area contributed by atoms with Gasteiger partial charge in [-0.15, -0.1) is 0 Å². The van der Waals surface area contributed by atoms with E-state index in [9.17, 15) is 19.5 Å². The van der Waals surface area contributed by atoms with E-state index in [0.717, 1.165) is 11.1 Å². The molecular weight excluding hydrogens is 432 g/mol. The summed E-state index contributed by atoms with van der Waals surface area (Å²) < 4.78 is 5.54. The van der Waals surface area contributed by atoms with Crippen LogP contribution in [0.5, 0.6) is 0 Å². The number of rotatable bonds is 11. The molecule has 2 aromatic rings. The molecule has 2 unspecified atom stereocenters. The number of carboxylic acids is 1. The van der Waals surface area contributed by atoms with E-state index in [-0.39, 0.29) is 30.8 Å². The highest BCUT2D eigenvalue weighted by Crippen LogP contribution is 2.44. The van der Waals surface area contributed by atoms with Crippen LogP contribution in [0.2, 0.25) is 0 Å². The molecule has 0 aliphatic heterocycles. The third-order valence-corrected chi connectivity index (χ3v) is 6.44. The van der Waals surface area contributed by atoms with Gasteiger partial charge in [-0.3, -0.25) is 4.79 Å². The summed E-state index contributed by atoms with van der Waals surface area (Å²) in [6.45, 7) is 5.96. The minimum Gasteiger partial charge on any atom is -0.480 e. The lowest BCUT2D eigenvalue weighted by molar-refractivity contribution is -0.147. The topological polar surface area (TPSA) is 105 Å². The summed E-state index contributed by atoms with van der Waals surface area (Å²) in [4.78, 5) is 36.0. The van der Waals surface area contributed by atoms with Crippen LogP contribution in [0.1, 0.15) is 63.5 Å². The van der Waals surface area contributed by atoms with E-state index in [4.69, 9.17) is 4.74 Å². The lowest BCUT2D eigenvalue weighted by Crippen LogP contribution is -2.52. The fourth-order valence-corrected chi connectivity index (χ4v) is 4.48. The molecule has 2 aromatic carbocycles. The fraction of sp³-hybridized carbons (Fsp3) is 0.444. The molecule has 2 amide bonds. The third-order valence-electron chi connectivity index (χ3n) is 6.44. The highest BCUT2D eigenvalue weighted by Gasteiger charge is 2.33. The summed E-state index contributed by atoms with van der Waals surface area (Å²) in [5, 5.41) is 14.8. The van der Waals surface area contributed by atoms with Gasteiger partial charge in [-0.25, -0.2) is 9.59 Å². The number of fused-ring (bicyclic) bond motifs is 3. The van der Waals surface area contributed by atoms with E-state index in [0.29, 0.717) is 25.8 Å². The lowest BCUT2D eigenvalue weighted by Gasteiger charge is -2.26. The first-order valence-corrected chi connectivity index (χ1v) is 11.9. The fourth-order valence-electron chi connectivity index (χ4n) is 4.48. The third kappa shape index (κ3) is 5.95. The Bertz CT molecular complexity index is 992.